The number of allylic oxidation sites excluding steroid dienone is 1. The van der Waals surface area contributed by atoms with Gasteiger partial charge in [0.25, 0.3) is 0 Å². The molecule has 4 rings (SSSR count). The summed E-state index contributed by atoms with van der Waals surface area (Å²) in [5.41, 5.74) is 9.78. The molecule has 0 fully saturated rings. The van der Waals surface area contributed by atoms with Gasteiger partial charge in [-0.3, -0.25) is 5.10 Å². The third kappa shape index (κ3) is 3.87. The van der Waals surface area contributed by atoms with Crippen LogP contribution in [-0.2, 0) is 12.0 Å². The number of hydrogen-bond acceptors (Lipinski definition) is 6. The van der Waals surface area contributed by atoms with Crippen molar-refractivity contribution in [3.63, 3.8) is 0 Å². The van der Waals surface area contributed by atoms with E-state index in [-0.39, 0.29) is 11.3 Å². The topological polar surface area (TPSA) is 106 Å². The number of nitrogens with two attached hydrogens (primary N) is 1. The highest BCUT2D eigenvalue weighted by atomic mass is 16.5. The molecule has 1 aromatic heterocycles. The Bertz CT molecular complexity index is 1200. The number of ether oxygens (including phenoxy) is 3. The van der Waals surface area contributed by atoms with Crippen molar-refractivity contribution in [2.45, 2.75) is 38.7 Å². The van der Waals surface area contributed by atoms with Gasteiger partial charge in [-0.1, -0.05) is 57.2 Å². The molecule has 0 radical (unpaired) electrons. The molecule has 0 aliphatic carbocycles. The fraction of sp³-hybridized carbons (Fsp3) is 0.280. The smallest absolute Gasteiger partial charge is 0.244 e. The quantitative estimate of drug-likeness (QED) is 0.617. The highest BCUT2D eigenvalue weighted by molar-refractivity contribution is 5.58. The average Bonchev–Trinajstić information content (AvgIpc) is 3.21. The summed E-state index contributed by atoms with van der Waals surface area (Å²) in [6, 6.07) is 17.8. The zero-order valence-corrected chi connectivity index (χ0v) is 18.6. The first-order chi connectivity index (χ1) is 15.3. The van der Waals surface area contributed by atoms with Crippen LogP contribution in [0.4, 0.5) is 0 Å². The number of fused-ring (bicyclic) bond motifs is 1. The van der Waals surface area contributed by atoms with Crippen LogP contribution < -0.4 is 19.9 Å². The van der Waals surface area contributed by atoms with Crippen LogP contribution in [-0.4, -0.2) is 17.3 Å². The first kappa shape index (κ1) is 21.3. The molecule has 1 atom stereocenters. The van der Waals surface area contributed by atoms with Crippen LogP contribution in [0.3, 0.4) is 0 Å². The molecule has 0 saturated carbocycles. The van der Waals surface area contributed by atoms with Crippen molar-refractivity contribution in [1.82, 2.24) is 10.2 Å². The number of methoxy groups -OCH3 is 1. The Balaban J connectivity index is 1.80. The van der Waals surface area contributed by atoms with Crippen LogP contribution in [0.5, 0.6) is 17.4 Å². The van der Waals surface area contributed by atoms with Gasteiger partial charge in [0.05, 0.1) is 18.6 Å². The molecule has 7 heteroatoms. The predicted molar refractivity (Wildman–Crippen MR) is 120 cm³/mol. The van der Waals surface area contributed by atoms with E-state index < -0.39 is 5.92 Å². The van der Waals surface area contributed by atoms with Gasteiger partial charge in [0.2, 0.25) is 11.8 Å². The van der Waals surface area contributed by atoms with Crippen molar-refractivity contribution in [1.29, 1.82) is 5.26 Å². The second-order valence-corrected chi connectivity index (χ2v) is 8.68. The number of aromatic amines is 1. The molecule has 7 nitrogen and oxygen atoms in total. The van der Waals surface area contributed by atoms with Crippen LogP contribution in [0, 0.1) is 11.3 Å². The normalized spacial score (nSPS) is 15.5. The molecule has 32 heavy (non-hydrogen) atoms. The molecule has 3 N–H and O–H groups in total. The molecule has 1 aliphatic heterocycles. The fourth-order valence-corrected chi connectivity index (χ4v) is 3.87. The lowest BCUT2D eigenvalue weighted by molar-refractivity contribution is 0.284. The second kappa shape index (κ2) is 8.31. The van der Waals surface area contributed by atoms with Crippen LogP contribution in [0.2, 0.25) is 0 Å². The number of H-pyrrole nitrogens is 1. The number of rotatable bonds is 5. The van der Waals surface area contributed by atoms with Crippen LogP contribution in [0.25, 0.3) is 0 Å². The van der Waals surface area contributed by atoms with Gasteiger partial charge in [0.15, 0.2) is 11.5 Å². The van der Waals surface area contributed by atoms with E-state index in [0.717, 1.165) is 22.4 Å². The Labute approximate surface area is 187 Å². The minimum Gasteiger partial charge on any atom is -0.493 e. The lowest BCUT2D eigenvalue weighted by atomic mass is 9.79. The van der Waals surface area contributed by atoms with Gasteiger partial charge >= 0.3 is 0 Å². The van der Waals surface area contributed by atoms with E-state index in [1.54, 1.807) is 7.11 Å². The minimum atomic E-state index is -0.443. The monoisotopic (exact) mass is 430 g/mol. The van der Waals surface area contributed by atoms with E-state index in [9.17, 15) is 5.26 Å². The Hall–Kier alpha value is -3.92. The van der Waals surface area contributed by atoms with Gasteiger partial charge in [-0.05, 0) is 23.3 Å². The van der Waals surface area contributed by atoms with Gasteiger partial charge in [0, 0.05) is 11.1 Å². The maximum Gasteiger partial charge on any atom is 0.244 e. The molecular weight excluding hydrogens is 404 g/mol. The highest BCUT2D eigenvalue weighted by Crippen LogP contribution is 2.46. The summed E-state index contributed by atoms with van der Waals surface area (Å²) < 4.78 is 17.3. The van der Waals surface area contributed by atoms with Crippen molar-refractivity contribution in [3.8, 4) is 23.4 Å². The van der Waals surface area contributed by atoms with Crippen molar-refractivity contribution in [2.24, 2.45) is 5.73 Å². The lowest BCUT2D eigenvalue weighted by Gasteiger charge is -2.27. The predicted octanol–water partition coefficient (Wildman–Crippen LogP) is 4.51. The molecule has 2 heterocycles. The van der Waals surface area contributed by atoms with Crippen LogP contribution >= 0.6 is 0 Å². The average molecular weight is 431 g/mol. The summed E-state index contributed by atoms with van der Waals surface area (Å²) in [5.74, 6) is 1.19. The zero-order chi connectivity index (χ0) is 22.9. The van der Waals surface area contributed by atoms with Gasteiger partial charge < -0.3 is 19.9 Å². The summed E-state index contributed by atoms with van der Waals surface area (Å²) in [6.07, 6.45) is 0. The highest BCUT2D eigenvalue weighted by Gasteiger charge is 2.38. The largest absolute Gasteiger partial charge is 0.493 e. The second-order valence-electron chi connectivity index (χ2n) is 8.68. The molecule has 0 unspecified atom stereocenters. The standard InChI is InChI=1S/C25H26N4O3/c1-25(2,3)22-21-20(17(13-26)23(27)32-24(21)29-28-22)16-10-11-18(30-4)19(12-16)31-14-15-8-6-5-7-9-15/h5-12,20H,14,27H2,1-4H3,(H,28,29)/t20-/m1/s1. The van der Waals surface area contributed by atoms with Crippen molar-refractivity contribution in [2.75, 3.05) is 7.11 Å². The van der Waals surface area contributed by atoms with Crippen LogP contribution in [0.15, 0.2) is 60.0 Å². The number of nitrogens with zero attached hydrogens (tertiary/aromatic N) is 2. The molecule has 164 valence electrons. The summed E-state index contributed by atoms with van der Waals surface area (Å²) in [7, 11) is 1.60. The zero-order valence-electron chi connectivity index (χ0n) is 18.6. The molecule has 2 aromatic carbocycles. The first-order valence-electron chi connectivity index (χ1n) is 10.3. The SMILES string of the molecule is COc1ccc([C@@H]2C(C#N)=C(N)Oc3n[nH]c(C(C)(C)C)c32)cc1OCc1ccccc1. The third-order valence-electron chi connectivity index (χ3n) is 5.45. The van der Waals surface area contributed by atoms with Crippen molar-refractivity contribution in [3.05, 3.63) is 82.4 Å². The number of benzene rings is 2. The maximum atomic E-state index is 9.92. The van der Waals surface area contributed by atoms with E-state index in [0.29, 0.717) is 29.6 Å². The molecule has 0 saturated heterocycles. The Morgan fingerprint density at radius 1 is 1.16 bits per heavy atom. The molecule has 0 bridgehead atoms. The number of nitriles is 1. The van der Waals surface area contributed by atoms with Crippen molar-refractivity contribution < 1.29 is 14.2 Å². The molecule has 0 amide bonds. The molecule has 3 aromatic rings. The maximum absolute atomic E-state index is 9.92. The summed E-state index contributed by atoms with van der Waals surface area (Å²) in [6.45, 7) is 6.62. The lowest BCUT2D eigenvalue weighted by Crippen LogP contribution is -2.24. The van der Waals surface area contributed by atoms with E-state index >= 15 is 0 Å². The minimum absolute atomic E-state index is 0.0551. The van der Waals surface area contributed by atoms with E-state index in [2.05, 4.69) is 37.0 Å². The van der Waals surface area contributed by atoms with E-state index in [1.807, 2.05) is 48.5 Å². The Kier molecular flexibility index (Phi) is 5.54. The third-order valence-corrected chi connectivity index (χ3v) is 5.45. The van der Waals surface area contributed by atoms with Gasteiger partial charge in [0.1, 0.15) is 18.2 Å². The summed E-state index contributed by atoms with van der Waals surface area (Å²) >= 11 is 0. The Morgan fingerprint density at radius 3 is 2.56 bits per heavy atom. The number of aromatic nitrogens is 2. The number of nitrogens with one attached hydrogen (secondary N) is 1. The van der Waals surface area contributed by atoms with Gasteiger partial charge in [-0.15, -0.1) is 5.10 Å². The Morgan fingerprint density at radius 2 is 1.91 bits per heavy atom. The van der Waals surface area contributed by atoms with Gasteiger partial charge in [-0.2, -0.15) is 5.26 Å². The first-order valence-corrected chi connectivity index (χ1v) is 10.3. The summed E-state index contributed by atoms with van der Waals surface area (Å²) in [5, 5.41) is 17.3. The van der Waals surface area contributed by atoms with E-state index in [1.165, 1.54) is 0 Å². The fourth-order valence-electron chi connectivity index (χ4n) is 3.87. The van der Waals surface area contributed by atoms with Crippen LogP contribution in [0.1, 0.15) is 49.1 Å². The molecular formula is C25H26N4O3. The van der Waals surface area contributed by atoms with E-state index in [4.69, 9.17) is 19.9 Å². The van der Waals surface area contributed by atoms with Crippen molar-refractivity contribution >= 4 is 0 Å². The molecule has 1 aliphatic rings. The van der Waals surface area contributed by atoms with Gasteiger partial charge in [-0.25, -0.2) is 0 Å². The molecule has 0 spiro atoms. The summed E-state index contributed by atoms with van der Waals surface area (Å²) in [4.78, 5) is 0. The number of hydrogen-bond donors (Lipinski definition) is 2.